The summed E-state index contributed by atoms with van der Waals surface area (Å²) in [6.07, 6.45) is 0.664. The van der Waals surface area contributed by atoms with Crippen LogP contribution in [0.15, 0.2) is 18.2 Å². The number of aromatic nitrogens is 2. The second-order valence-corrected chi connectivity index (χ2v) is 3.26. The Kier molecular flexibility index (Phi) is 2.39. The molecule has 5 heteroatoms. The minimum atomic E-state index is -0.938. The van der Waals surface area contributed by atoms with E-state index < -0.39 is 5.97 Å². The van der Waals surface area contributed by atoms with E-state index in [1.165, 1.54) is 6.07 Å². The van der Waals surface area contributed by atoms with Gasteiger partial charge in [-0.3, -0.25) is 0 Å². The van der Waals surface area contributed by atoms with Crippen LogP contribution in [0.25, 0.3) is 11.0 Å². The first-order valence-electron chi connectivity index (χ1n) is 4.62. The predicted octanol–water partition coefficient (Wildman–Crippen LogP) is 0.762. The maximum Gasteiger partial charge on any atom is 0.335 e. The molecule has 0 atom stereocenters. The van der Waals surface area contributed by atoms with Crippen LogP contribution >= 0.6 is 0 Å². The van der Waals surface area contributed by atoms with Gasteiger partial charge in [-0.25, -0.2) is 9.78 Å². The van der Waals surface area contributed by atoms with Crippen LogP contribution in [0.5, 0.6) is 0 Å². The highest BCUT2D eigenvalue weighted by molar-refractivity contribution is 5.92. The summed E-state index contributed by atoms with van der Waals surface area (Å²) in [4.78, 5) is 18.0. The van der Waals surface area contributed by atoms with Crippen LogP contribution in [0.2, 0.25) is 0 Å². The highest BCUT2D eigenvalue weighted by Gasteiger charge is 2.06. The van der Waals surface area contributed by atoms with Crippen molar-refractivity contribution in [2.75, 3.05) is 6.54 Å². The van der Waals surface area contributed by atoms with Gasteiger partial charge in [-0.1, -0.05) is 0 Å². The minimum Gasteiger partial charge on any atom is -0.478 e. The summed E-state index contributed by atoms with van der Waals surface area (Å²) in [5, 5.41) is 8.80. The van der Waals surface area contributed by atoms with Crippen LogP contribution in [0.4, 0.5) is 0 Å². The zero-order chi connectivity index (χ0) is 10.8. The third-order valence-corrected chi connectivity index (χ3v) is 2.16. The number of carbonyl (C=O) groups is 1. The topological polar surface area (TPSA) is 92.0 Å². The number of rotatable bonds is 3. The van der Waals surface area contributed by atoms with Gasteiger partial charge in [0.2, 0.25) is 0 Å². The van der Waals surface area contributed by atoms with Crippen LogP contribution in [-0.2, 0) is 6.42 Å². The Morgan fingerprint density at radius 1 is 1.53 bits per heavy atom. The smallest absolute Gasteiger partial charge is 0.335 e. The predicted molar refractivity (Wildman–Crippen MR) is 55.8 cm³/mol. The molecular formula is C10H11N3O2. The monoisotopic (exact) mass is 205 g/mol. The molecule has 0 unspecified atom stereocenters. The number of hydrogen-bond donors (Lipinski definition) is 3. The Hall–Kier alpha value is -1.88. The number of carboxylic acids is 1. The van der Waals surface area contributed by atoms with Crippen molar-refractivity contribution in [3.8, 4) is 0 Å². The van der Waals surface area contributed by atoms with Gasteiger partial charge in [0.1, 0.15) is 5.82 Å². The fourth-order valence-electron chi connectivity index (χ4n) is 1.45. The largest absolute Gasteiger partial charge is 0.478 e. The quantitative estimate of drug-likeness (QED) is 0.689. The lowest BCUT2D eigenvalue weighted by molar-refractivity contribution is 0.0697. The zero-order valence-electron chi connectivity index (χ0n) is 8.03. The molecule has 0 bridgehead atoms. The van der Waals surface area contributed by atoms with Gasteiger partial charge in [0.25, 0.3) is 0 Å². The first-order valence-corrected chi connectivity index (χ1v) is 4.62. The Morgan fingerprint density at radius 3 is 3.00 bits per heavy atom. The molecule has 0 aliphatic heterocycles. The van der Waals surface area contributed by atoms with Gasteiger partial charge in [-0.15, -0.1) is 0 Å². The van der Waals surface area contributed by atoms with Gasteiger partial charge in [-0.05, 0) is 24.7 Å². The summed E-state index contributed by atoms with van der Waals surface area (Å²) < 4.78 is 0. The van der Waals surface area contributed by atoms with Crippen LogP contribution in [-0.4, -0.2) is 27.6 Å². The van der Waals surface area contributed by atoms with Gasteiger partial charge in [0, 0.05) is 6.42 Å². The van der Waals surface area contributed by atoms with E-state index >= 15 is 0 Å². The van der Waals surface area contributed by atoms with Gasteiger partial charge in [-0.2, -0.15) is 0 Å². The van der Waals surface area contributed by atoms with Crippen molar-refractivity contribution in [1.82, 2.24) is 9.97 Å². The molecular weight excluding hydrogens is 194 g/mol. The number of imidazole rings is 1. The van der Waals surface area contributed by atoms with Crippen molar-refractivity contribution in [1.29, 1.82) is 0 Å². The van der Waals surface area contributed by atoms with E-state index in [1.807, 2.05) is 0 Å². The number of fused-ring (bicyclic) bond motifs is 1. The third kappa shape index (κ3) is 1.82. The van der Waals surface area contributed by atoms with E-state index in [9.17, 15) is 4.79 Å². The maximum atomic E-state index is 10.7. The molecule has 2 rings (SSSR count). The molecule has 0 aliphatic rings. The number of aromatic carboxylic acids is 1. The average molecular weight is 205 g/mol. The molecule has 78 valence electrons. The number of aromatic amines is 1. The molecule has 0 spiro atoms. The SMILES string of the molecule is NCCc1nc2ccc(C(=O)O)cc2[nH]1. The van der Waals surface area contributed by atoms with Crippen LogP contribution in [0, 0.1) is 0 Å². The third-order valence-electron chi connectivity index (χ3n) is 2.16. The number of carboxylic acid groups (broad SMARTS) is 1. The van der Waals surface area contributed by atoms with E-state index in [4.69, 9.17) is 10.8 Å². The molecule has 0 saturated carbocycles. The lowest BCUT2D eigenvalue weighted by atomic mass is 10.2. The van der Waals surface area contributed by atoms with Crippen LogP contribution in [0.3, 0.4) is 0 Å². The van der Waals surface area contributed by atoms with E-state index in [0.717, 1.165) is 16.9 Å². The van der Waals surface area contributed by atoms with Crippen molar-refractivity contribution >= 4 is 17.0 Å². The number of benzene rings is 1. The molecule has 0 radical (unpaired) electrons. The molecule has 5 nitrogen and oxygen atoms in total. The maximum absolute atomic E-state index is 10.7. The molecule has 0 fully saturated rings. The summed E-state index contributed by atoms with van der Waals surface area (Å²) in [5.41, 5.74) is 7.16. The van der Waals surface area contributed by atoms with Crippen molar-refractivity contribution < 1.29 is 9.90 Å². The first-order chi connectivity index (χ1) is 7.20. The van der Waals surface area contributed by atoms with Crippen LogP contribution in [0.1, 0.15) is 16.2 Å². The summed E-state index contributed by atoms with van der Waals surface area (Å²) in [6, 6.07) is 4.80. The van der Waals surface area contributed by atoms with Crippen molar-refractivity contribution in [3.05, 3.63) is 29.6 Å². The summed E-state index contributed by atoms with van der Waals surface area (Å²) >= 11 is 0. The molecule has 0 saturated heterocycles. The minimum absolute atomic E-state index is 0.255. The average Bonchev–Trinajstić information content (AvgIpc) is 2.59. The van der Waals surface area contributed by atoms with Gasteiger partial charge in [0.15, 0.2) is 0 Å². The second kappa shape index (κ2) is 3.70. The molecule has 1 aromatic carbocycles. The fourth-order valence-corrected chi connectivity index (χ4v) is 1.45. The molecule has 1 aromatic heterocycles. The molecule has 1 heterocycles. The molecule has 2 aromatic rings. The Bertz CT molecular complexity index is 504. The fraction of sp³-hybridized carbons (Fsp3) is 0.200. The lowest BCUT2D eigenvalue weighted by Gasteiger charge is -1.92. The highest BCUT2D eigenvalue weighted by Crippen LogP contribution is 2.13. The molecule has 15 heavy (non-hydrogen) atoms. The summed E-state index contributed by atoms with van der Waals surface area (Å²) in [6.45, 7) is 0.519. The van der Waals surface area contributed by atoms with E-state index in [0.29, 0.717) is 13.0 Å². The number of nitrogens with zero attached hydrogens (tertiary/aromatic N) is 1. The Balaban J connectivity index is 2.47. The number of nitrogens with two attached hydrogens (primary N) is 1. The Morgan fingerprint density at radius 2 is 2.33 bits per heavy atom. The number of H-pyrrole nitrogens is 1. The summed E-state index contributed by atoms with van der Waals surface area (Å²) in [5.74, 6) is -0.151. The van der Waals surface area contributed by atoms with Gasteiger partial charge >= 0.3 is 5.97 Å². The Labute approximate surface area is 85.9 Å². The van der Waals surface area contributed by atoms with Crippen LogP contribution < -0.4 is 5.73 Å². The van der Waals surface area contributed by atoms with Crippen molar-refractivity contribution in [2.45, 2.75) is 6.42 Å². The van der Waals surface area contributed by atoms with E-state index in [2.05, 4.69) is 9.97 Å². The first kappa shape index (κ1) is 9.67. The van der Waals surface area contributed by atoms with Crippen molar-refractivity contribution in [3.63, 3.8) is 0 Å². The molecule has 0 aliphatic carbocycles. The lowest BCUT2D eigenvalue weighted by Crippen LogP contribution is -2.03. The molecule has 0 amide bonds. The standard InChI is InChI=1S/C10H11N3O2/c11-4-3-9-12-7-2-1-6(10(14)15)5-8(7)13-9/h1-2,5H,3-4,11H2,(H,12,13)(H,14,15). The highest BCUT2D eigenvalue weighted by atomic mass is 16.4. The second-order valence-electron chi connectivity index (χ2n) is 3.26. The number of nitrogens with one attached hydrogen (secondary N) is 1. The van der Waals surface area contributed by atoms with E-state index in [-0.39, 0.29) is 5.56 Å². The zero-order valence-corrected chi connectivity index (χ0v) is 8.03. The van der Waals surface area contributed by atoms with Gasteiger partial charge in [0.05, 0.1) is 16.6 Å². The van der Waals surface area contributed by atoms with E-state index in [1.54, 1.807) is 12.1 Å². The van der Waals surface area contributed by atoms with Crippen molar-refractivity contribution in [2.24, 2.45) is 5.73 Å². The molecule has 4 N–H and O–H groups in total. The van der Waals surface area contributed by atoms with Gasteiger partial charge < -0.3 is 15.8 Å². The summed E-state index contributed by atoms with van der Waals surface area (Å²) in [7, 11) is 0. The number of hydrogen-bond acceptors (Lipinski definition) is 3. The normalized spacial score (nSPS) is 10.7.